The van der Waals surface area contributed by atoms with Crippen LogP contribution in [0.1, 0.15) is 39.4 Å². The summed E-state index contributed by atoms with van der Waals surface area (Å²) in [5, 5.41) is 0. The molecule has 146 valence electrons. The molecule has 1 saturated carbocycles. The van der Waals surface area contributed by atoms with Crippen LogP contribution in [0.2, 0.25) is 0 Å². The lowest BCUT2D eigenvalue weighted by molar-refractivity contribution is -0.0530. The summed E-state index contributed by atoms with van der Waals surface area (Å²) in [6.45, 7) is 7.39. The molecule has 0 amide bonds. The average molecular weight is 381 g/mol. The number of fused-ring (bicyclic) bond motifs is 3. The molecular weight excluding hydrogens is 358 g/mol. The summed E-state index contributed by atoms with van der Waals surface area (Å²) in [5.41, 5.74) is 7.21. The van der Waals surface area contributed by atoms with Crippen LogP contribution in [0, 0.1) is 5.92 Å². The van der Waals surface area contributed by atoms with Gasteiger partial charge in [0.15, 0.2) is 17.0 Å². The molecule has 0 bridgehead atoms. The van der Waals surface area contributed by atoms with Gasteiger partial charge in [-0.05, 0) is 39.5 Å². The van der Waals surface area contributed by atoms with E-state index < -0.39 is 5.60 Å². The van der Waals surface area contributed by atoms with Gasteiger partial charge in [-0.15, -0.1) is 0 Å². The van der Waals surface area contributed by atoms with Gasteiger partial charge in [0, 0.05) is 18.9 Å². The van der Waals surface area contributed by atoms with Crippen LogP contribution in [-0.4, -0.2) is 42.2 Å². The highest BCUT2D eigenvalue weighted by Gasteiger charge is 2.35. The Morgan fingerprint density at radius 1 is 1.21 bits per heavy atom. The van der Waals surface area contributed by atoms with Gasteiger partial charge in [-0.25, -0.2) is 19.9 Å². The summed E-state index contributed by atoms with van der Waals surface area (Å²) >= 11 is 0. The fourth-order valence-electron chi connectivity index (χ4n) is 3.61. The minimum absolute atomic E-state index is 0.0802. The Kier molecular flexibility index (Phi) is 3.77. The predicted molar refractivity (Wildman–Crippen MR) is 103 cm³/mol. The van der Waals surface area contributed by atoms with E-state index in [9.17, 15) is 0 Å². The van der Waals surface area contributed by atoms with Crippen molar-refractivity contribution >= 4 is 17.1 Å². The highest BCUT2D eigenvalue weighted by atomic mass is 16.5. The largest absolute Gasteiger partial charge is 0.473 e. The van der Waals surface area contributed by atoms with Crippen molar-refractivity contribution in [3.63, 3.8) is 0 Å². The molecule has 5 rings (SSSR count). The molecule has 0 saturated heterocycles. The predicted octanol–water partition coefficient (Wildman–Crippen LogP) is 2.31. The number of imidazole rings is 1. The first-order chi connectivity index (χ1) is 13.4. The Hall–Kier alpha value is -2.81. The maximum Gasteiger partial charge on any atom is 0.246 e. The van der Waals surface area contributed by atoms with Gasteiger partial charge in [-0.3, -0.25) is 0 Å². The van der Waals surface area contributed by atoms with Crippen LogP contribution in [0.5, 0.6) is 5.88 Å². The number of hydrogen-bond acceptors (Lipinski definition) is 8. The van der Waals surface area contributed by atoms with Crippen LogP contribution >= 0.6 is 0 Å². The third-order valence-corrected chi connectivity index (χ3v) is 5.39. The lowest BCUT2D eigenvalue weighted by Gasteiger charge is -2.30. The molecule has 3 aromatic heterocycles. The van der Waals surface area contributed by atoms with Crippen molar-refractivity contribution in [2.24, 2.45) is 5.92 Å². The van der Waals surface area contributed by atoms with Crippen LogP contribution in [0.3, 0.4) is 0 Å². The number of hydrogen-bond donors (Lipinski definition) is 1. The number of nitrogens with two attached hydrogens (primary N) is 1. The molecule has 1 fully saturated rings. The Labute approximate surface area is 162 Å². The van der Waals surface area contributed by atoms with Gasteiger partial charge in [-0.2, -0.15) is 4.98 Å². The fourth-order valence-corrected chi connectivity index (χ4v) is 3.61. The van der Waals surface area contributed by atoms with Crippen molar-refractivity contribution < 1.29 is 9.47 Å². The average Bonchev–Trinajstić information content (AvgIpc) is 3.44. The minimum atomic E-state index is -0.497. The molecule has 28 heavy (non-hydrogen) atoms. The molecule has 3 aromatic rings. The van der Waals surface area contributed by atoms with Crippen LogP contribution in [0.4, 0.5) is 5.95 Å². The molecule has 1 aliphatic carbocycles. The SMILES string of the molecule is CC(Oc1nc(-c2cnc(N)nc2)nc2c1nc1n2CCOC1(C)C)C1CC1. The third-order valence-electron chi connectivity index (χ3n) is 5.39. The molecule has 1 atom stereocenters. The highest BCUT2D eigenvalue weighted by Crippen LogP contribution is 2.38. The van der Waals surface area contributed by atoms with Crippen molar-refractivity contribution in [1.29, 1.82) is 0 Å². The summed E-state index contributed by atoms with van der Waals surface area (Å²) in [7, 11) is 0. The van der Waals surface area contributed by atoms with Gasteiger partial charge in [0.2, 0.25) is 11.8 Å². The van der Waals surface area contributed by atoms with Gasteiger partial charge >= 0.3 is 0 Å². The van der Waals surface area contributed by atoms with Crippen LogP contribution in [-0.2, 0) is 16.9 Å². The summed E-state index contributed by atoms with van der Waals surface area (Å²) in [5.74, 6) is 2.61. The van der Waals surface area contributed by atoms with E-state index in [1.165, 1.54) is 12.8 Å². The van der Waals surface area contributed by atoms with E-state index in [1.54, 1.807) is 12.4 Å². The van der Waals surface area contributed by atoms with Crippen molar-refractivity contribution in [1.82, 2.24) is 29.5 Å². The van der Waals surface area contributed by atoms with Gasteiger partial charge in [0.1, 0.15) is 17.5 Å². The van der Waals surface area contributed by atoms with Gasteiger partial charge < -0.3 is 19.8 Å². The van der Waals surface area contributed by atoms with E-state index in [0.717, 1.165) is 11.5 Å². The maximum absolute atomic E-state index is 6.25. The van der Waals surface area contributed by atoms with Crippen LogP contribution in [0.25, 0.3) is 22.6 Å². The smallest absolute Gasteiger partial charge is 0.246 e. The molecule has 1 unspecified atom stereocenters. The third kappa shape index (κ3) is 2.86. The Bertz CT molecular complexity index is 1040. The number of ether oxygens (including phenoxy) is 2. The van der Waals surface area contributed by atoms with Crippen molar-refractivity contribution in [2.45, 2.75) is 51.9 Å². The number of nitrogen functional groups attached to an aromatic ring is 1. The van der Waals surface area contributed by atoms with Crippen molar-refractivity contribution in [2.75, 3.05) is 12.3 Å². The fraction of sp³-hybridized carbons (Fsp3) is 0.526. The van der Waals surface area contributed by atoms with Gasteiger partial charge in [0.25, 0.3) is 0 Å². The quantitative estimate of drug-likeness (QED) is 0.732. The van der Waals surface area contributed by atoms with Crippen LogP contribution in [0.15, 0.2) is 12.4 Å². The molecule has 1 aliphatic heterocycles. The van der Waals surface area contributed by atoms with Crippen LogP contribution < -0.4 is 10.5 Å². The number of rotatable bonds is 4. The molecule has 0 aromatic carbocycles. The zero-order chi connectivity index (χ0) is 19.5. The highest BCUT2D eigenvalue weighted by molar-refractivity contribution is 5.80. The number of aromatic nitrogens is 6. The summed E-state index contributed by atoms with van der Waals surface area (Å²) in [6.07, 6.45) is 5.70. The van der Waals surface area contributed by atoms with E-state index in [2.05, 4.69) is 26.4 Å². The minimum Gasteiger partial charge on any atom is -0.473 e. The van der Waals surface area contributed by atoms with Crippen molar-refractivity contribution in [3.05, 3.63) is 18.2 Å². The Balaban J connectivity index is 1.70. The van der Waals surface area contributed by atoms with E-state index in [-0.39, 0.29) is 12.1 Å². The lowest BCUT2D eigenvalue weighted by Crippen LogP contribution is -2.33. The number of anilines is 1. The topological polar surface area (TPSA) is 114 Å². The van der Waals surface area contributed by atoms with E-state index >= 15 is 0 Å². The second-order valence-corrected chi connectivity index (χ2v) is 7.96. The van der Waals surface area contributed by atoms with E-state index in [1.807, 2.05) is 13.8 Å². The molecule has 9 heteroatoms. The zero-order valence-corrected chi connectivity index (χ0v) is 16.2. The number of nitrogens with zero attached hydrogens (tertiary/aromatic N) is 6. The first-order valence-corrected chi connectivity index (χ1v) is 9.59. The normalized spacial score (nSPS) is 19.4. The molecule has 4 heterocycles. The van der Waals surface area contributed by atoms with Crippen molar-refractivity contribution in [3.8, 4) is 17.3 Å². The van der Waals surface area contributed by atoms with Gasteiger partial charge in [-0.1, -0.05) is 0 Å². The molecule has 0 radical (unpaired) electrons. The molecule has 2 N–H and O–H groups in total. The first kappa shape index (κ1) is 17.3. The lowest BCUT2D eigenvalue weighted by atomic mass is 10.1. The maximum atomic E-state index is 6.25. The zero-order valence-electron chi connectivity index (χ0n) is 16.2. The molecular formula is C19H23N7O2. The summed E-state index contributed by atoms with van der Waals surface area (Å²) in [4.78, 5) is 22.4. The molecule has 0 spiro atoms. The summed E-state index contributed by atoms with van der Waals surface area (Å²) in [6, 6.07) is 0. The second kappa shape index (κ2) is 6.10. The van der Waals surface area contributed by atoms with Gasteiger partial charge in [0.05, 0.1) is 12.2 Å². The Morgan fingerprint density at radius 2 is 1.96 bits per heavy atom. The Morgan fingerprint density at radius 3 is 2.68 bits per heavy atom. The standard InChI is InChI=1S/C19H23N7O2/c1-10(11-4-5-11)28-16-13-15(26-6-7-27-19(2,3)17(26)23-13)24-14(25-16)12-8-21-18(20)22-9-12/h8-11H,4-7H2,1-3H3,(H2,20,21,22). The first-order valence-electron chi connectivity index (χ1n) is 9.59. The van der Waals surface area contributed by atoms with E-state index in [4.69, 9.17) is 25.2 Å². The second-order valence-electron chi connectivity index (χ2n) is 7.96. The monoisotopic (exact) mass is 381 g/mol. The van der Waals surface area contributed by atoms with E-state index in [0.29, 0.717) is 41.9 Å². The summed E-state index contributed by atoms with van der Waals surface area (Å²) < 4.78 is 14.3. The molecule has 2 aliphatic rings. The molecule has 9 nitrogen and oxygen atoms in total.